The Hall–Kier alpha value is -2.60. The van der Waals surface area contributed by atoms with E-state index < -0.39 is 23.0 Å². The second-order valence-electron chi connectivity index (χ2n) is 5.62. The fourth-order valence-electron chi connectivity index (χ4n) is 2.54. The maximum atomic E-state index is 12.7. The number of hydrogen-bond donors (Lipinski definition) is 5. The van der Waals surface area contributed by atoms with Gasteiger partial charge in [0, 0.05) is 11.8 Å². The largest absolute Gasteiger partial charge is 0.508 e. The zero-order valence-corrected chi connectivity index (χ0v) is 14.3. The lowest BCUT2D eigenvalue weighted by Crippen LogP contribution is -2.28. The van der Waals surface area contributed by atoms with Gasteiger partial charge in [-0.25, -0.2) is 8.42 Å². The number of rotatable bonds is 5. The standard InChI is InChI=1S/C15H16BN3O6S/c17-7-15(21)18-13-6-11(20)3-4-14(13)26(23,24)19-10-2-1-9-8-25-16(22)12(9)5-10/h1-6,19-20,22H,7-8,17H2,(H,18,21). The van der Waals surface area contributed by atoms with Crippen LogP contribution in [0.1, 0.15) is 5.56 Å². The minimum Gasteiger partial charge on any atom is -0.508 e. The van der Waals surface area contributed by atoms with Crippen molar-refractivity contribution in [3.63, 3.8) is 0 Å². The van der Waals surface area contributed by atoms with Crippen molar-refractivity contribution >= 4 is 39.9 Å². The fourth-order valence-corrected chi connectivity index (χ4v) is 3.73. The summed E-state index contributed by atoms with van der Waals surface area (Å²) in [6.45, 7) is -0.0952. The number of nitrogens with one attached hydrogen (secondary N) is 2. The van der Waals surface area contributed by atoms with Crippen LogP contribution in [0.5, 0.6) is 5.75 Å². The van der Waals surface area contributed by atoms with Crippen molar-refractivity contribution in [2.75, 3.05) is 16.6 Å². The number of anilines is 2. The summed E-state index contributed by atoms with van der Waals surface area (Å²) in [4.78, 5) is 11.3. The highest BCUT2D eigenvalue weighted by Crippen LogP contribution is 2.28. The second kappa shape index (κ2) is 6.96. The molecule has 2 aromatic carbocycles. The van der Waals surface area contributed by atoms with E-state index >= 15 is 0 Å². The van der Waals surface area contributed by atoms with Crippen LogP contribution in [0.3, 0.4) is 0 Å². The van der Waals surface area contributed by atoms with Gasteiger partial charge in [0.25, 0.3) is 10.0 Å². The maximum absolute atomic E-state index is 12.7. The van der Waals surface area contributed by atoms with Crippen LogP contribution in [-0.2, 0) is 26.1 Å². The van der Waals surface area contributed by atoms with Crippen LogP contribution >= 0.6 is 0 Å². The first kappa shape index (κ1) is 18.2. The molecule has 0 atom stereocenters. The van der Waals surface area contributed by atoms with Gasteiger partial charge in [-0.1, -0.05) is 6.07 Å². The van der Waals surface area contributed by atoms with Gasteiger partial charge in [0.15, 0.2) is 0 Å². The third-order valence-electron chi connectivity index (χ3n) is 3.77. The van der Waals surface area contributed by atoms with Crippen molar-refractivity contribution in [2.45, 2.75) is 11.5 Å². The molecule has 136 valence electrons. The Morgan fingerprint density at radius 1 is 1.27 bits per heavy atom. The molecule has 9 nitrogen and oxygen atoms in total. The highest BCUT2D eigenvalue weighted by molar-refractivity contribution is 7.92. The van der Waals surface area contributed by atoms with Gasteiger partial charge in [-0.15, -0.1) is 0 Å². The predicted octanol–water partition coefficient (Wildman–Crippen LogP) is -0.692. The van der Waals surface area contributed by atoms with E-state index in [9.17, 15) is 23.3 Å². The van der Waals surface area contributed by atoms with Crippen LogP contribution in [0.2, 0.25) is 0 Å². The van der Waals surface area contributed by atoms with Gasteiger partial charge in [0.2, 0.25) is 5.91 Å². The molecule has 1 heterocycles. The van der Waals surface area contributed by atoms with Crippen molar-refractivity contribution in [3.8, 4) is 5.75 Å². The van der Waals surface area contributed by atoms with Gasteiger partial charge in [-0.3, -0.25) is 9.52 Å². The number of phenols is 1. The lowest BCUT2D eigenvalue weighted by Gasteiger charge is -2.14. The van der Waals surface area contributed by atoms with Gasteiger partial charge in [0.05, 0.1) is 18.8 Å². The number of amides is 1. The summed E-state index contributed by atoms with van der Waals surface area (Å²) in [5, 5.41) is 21.6. The lowest BCUT2D eigenvalue weighted by atomic mass is 9.79. The summed E-state index contributed by atoms with van der Waals surface area (Å²) >= 11 is 0. The van der Waals surface area contributed by atoms with E-state index in [0.29, 0.717) is 5.46 Å². The van der Waals surface area contributed by atoms with Crippen molar-refractivity contribution in [2.24, 2.45) is 5.73 Å². The number of carbonyl (C=O) groups is 1. The number of carbonyl (C=O) groups excluding carboxylic acids is 1. The molecule has 11 heteroatoms. The molecule has 26 heavy (non-hydrogen) atoms. The molecular formula is C15H16BN3O6S. The van der Waals surface area contributed by atoms with Crippen molar-refractivity contribution in [1.82, 2.24) is 0 Å². The Balaban J connectivity index is 1.94. The van der Waals surface area contributed by atoms with Crippen LogP contribution < -0.4 is 21.2 Å². The number of phenolic OH excluding ortho intramolecular Hbond substituents is 1. The normalized spacial score (nSPS) is 13.4. The minimum absolute atomic E-state index is 0.0996. The highest BCUT2D eigenvalue weighted by atomic mass is 32.2. The molecule has 3 rings (SSSR count). The van der Waals surface area contributed by atoms with Crippen LogP contribution in [0.4, 0.5) is 11.4 Å². The van der Waals surface area contributed by atoms with Crippen LogP contribution in [0.25, 0.3) is 0 Å². The van der Waals surface area contributed by atoms with E-state index in [1.165, 1.54) is 18.2 Å². The number of benzene rings is 2. The molecule has 0 aromatic heterocycles. The number of fused-ring (bicyclic) bond motifs is 1. The molecule has 6 N–H and O–H groups in total. The van der Waals surface area contributed by atoms with Gasteiger partial charge in [-0.05, 0) is 35.3 Å². The van der Waals surface area contributed by atoms with Crippen molar-refractivity contribution in [1.29, 1.82) is 0 Å². The molecule has 0 radical (unpaired) electrons. The Morgan fingerprint density at radius 3 is 2.77 bits per heavy atom. The van der Waals surface area contributed by atoms with Crippen molar-refractivity contribution in [3.05, 3.63) is 42.0 Å². The van der Waals surface area contributed by atoms with E-state index in [0.717, 1.165) is 17.7 Å². The molecule has 2 aromatic rings. The zero-order chi connectivity index (χ0) is 18.9. The molecule has 0 saturated carbocycles. The van der Waals surface area contributed by atoms with E-state index in [-0.39, 0.29) is 35.2 Å². The molecule has 0 bridgehead atoms. The Labute approximate surface area is 150 Å². The molecule has 1 aliphatic rings. The SMILES string of the molecule is NCC(=O)Nc1cc(O)ccc1S(=O)(=O)Nc1ccc2c(c1)B(O)OC2. The highest BCUT2D eigenvalue weighted by Gasteiger charge is 2.28. The van der Waals surface area contributed by atoms with Gasteiger partial charge < -0.3 is 25.8 Å². The summed E-state index contributed by atoms with van der Waals surface area (Å²) in [5.41, 5.74) is 6.59. The molecule has 0 spiro atoms. The maximum Gasteiger partial charge on any atom is 0.491 e. The summed E-state index contributed by atoms with van der Waals surface area (Å²) in [7, 11) is -5.20. The molecule has 1 aliphatic heterocycles. The summed E-state index contributed by atoms with van der Waals surface area (Å²) in [6.07, 6.45) is 0. The molecular weight excluding hydrogens is 361 g/mol. The zero-order valence-electron chi connectivity index (χ0n) is 13.5. The Bertz CT molecular complexity index is 966. The summed E-state index contributed by atoms with van der Waals surface area (Å²) in [6, 6.07) is 8.13. The molecule has 0 fully saturated rings. The van der Waals surface area contributed by atoms with Gasteiger partial charge in [-0.2, -0.15) is 0 Å². The molecule has 0 saturated heterocycles. The first-order chi connectivity index (χ1) is 12.3. The summed E-state index contributed by atoms with van der Waals surface area (Å²) < 4.78 is 32.9. The first-order valence-electron chi connectivity index (χ1n) is 7.58. The number of aromatic hydroxyl groups is 1. The van der Waals surface area contributed by atoms with Gasteiger partial charge in [0.1, 0.15) is 10.6 Å². The third kappa shape index (κ3) is 3.65. The predicted molar refractivity (Wildman–Crippen MR) is 95.4 cm³/mol. The van der Waals surface area contributed by atoms with E-state index in [4.69, 9.17) is 10.4 Å². The second-order valence-corrected chi connectivity index (χ2v) is 7.27. The molecule has 1 amide bonds. The number of nitrogens with two attached hydrogens (primary N) is 1. The molecule has 0 aliphatic carbocycles. The monoisotopic (exact) mass is 377 g/mol. The van der Waals surface area contributed by atoms with Crippen LogP contribution in [0, 0.1) is 0 Å². The minimum atomic E-state index is -4.09. The summed E-state index contributed by atoms with van der Waals surface area (Å²) in [5.74, 6) is -0.820. The quantitative estimate of drug-likeness (QED) is 0.433. The fraction of sp³-hybridized carbons (Fsp3) is 0.133. The van der Waals surface area contributed by atoms with Gasteiger partial charge >= 0.3 is 7.12 Å². The lowest BCUT2D eigenvalue weighted by molar-refractivity contribution is -0.114. The number of sulfonamides is 1. The average Bonchev–Trinajstić information content (AvgIpc) is 2.95. The first-order valence-corrected chi connectivity index (χ1v) is 9.07. The topological polar surface area (TPSA) is 151 Å². The van der Waals surface area contributed by atoms with E-state index in [1.807, 2.05) is 0 Å². The third-order valence-corrected chi connectivity index (χ3v) is 5.21. The Kier molecular flexibility index (Phi) is 4.87. The van der Waals surface area contributed by atoms with E-state index in [1.54, 1.807) is 6.07 Å². The molecule has 0 unspecified atom stereocenters. The Morgan fingerprint density at radius 2 is 2.04 bits per heavy atom. The van der Waals surface area contributed by atoms with Crippen LogP contribution in [-0.4, -0.2) is 38.1 Å². The van der Waals surface area contributed by atoms with Crippen molar-refractivity contribution < 1.29 is 28.0 Å². The van der Waals surface area contributed by atoms with E-state index in [2.05, 4.69) is 10.0 Å². The smallest absolute Gasteiger partial charge is 0.491 e. The number of hydrogen-bond acceptors (Lipinski definition) is 7. The average molecular weight is 377 g/mol. The van der Waals surface area contributed by atoms with Crippen LogP contribution in [0.15, 0.2) is 41.3 Å².